The number of hydrogen-bond donors (Lipinski definition) is 0. The Labute approximate surface area is 136 Å². The molecule has 0 saturated carbocycles. The number of piperazine rings is 1. The van der Waals surface area contributed by atoms with Crippen LogP contribution >= 0.6 is 0 Å². The van der Waals surface area contributed by atoms with E-state index in [2.05, 4.69) is 16.0 Å². The van der Waals surface area contributed by atoms with Gasteiger partial charge in [0.15, 0.2) is 0 Å². The monoisotopic (exact) mass is 308 g/mol. The summed E-state index contributed by atoms with van der Waals surface area (Å²) in [6.07, 6.45) is 1.49. The molecule has 1 aromatic carbocycles. The molecule has 0 N–H and O–H groups in total. The number of carbonyl (C=O) groups is 1. The molecule has 0 spiro atoms. The molecule has 0 radical (unpaired) electrons. The van der Waals surface area contributed by atoms with E-state index in [-0.39, 0.29) is 5.91 Å². The zero-order chi connectivity index (χ0) is 16.2. The summed E-state index contributed by atoms with van der Waals surface area (Å²) in [7, 11) is 0. The van der Waals surface area contributed by atoms with E-state index in [4.69, 9.17) is 0 Å². The van der Waals surface area contributed by atoms with Crippen LogP contribution in [0.4, 0.5) is 5.82 Å². The maximum Gasteiger partial charge on any atom is 0.222 e. The van der Waals surface area contributed by atoms with Crippen LogP contribution in [0.15, 0.2) is 30.3 Å². The SMILES string of the molecule is CCCC(=O)N1CCN(c2nc3ccccc3cc2C#N)CC1. The molecular weight excluding hydrogens is 288 g/mol. The third-order valence-electron chi connectivity index (χ3n) is 4.22. The first-order valence-corrected chi connectivity index (χ1v) is 8.05. The lowest BCUT2D eigenvalue weighted by Crippen LogP contribution is -2.49. The standard InChI is InChI=1S/C18H20N4O/c1-2-5-17(23)21-8-10-22(11-9-21)18-15(13-19)12-14-6-3-4-7-16(14)20-18/h3-4,6-7,12H,2,5,8-11H2,1H3. The minimum Gasteiger partial charge on any atom is -0.352 e. The molecule has 0 atom stereocenters. The molecule has 3 rings (SSSR count). The maximum atomic E-state index is 12.0. The summed E-state index contributed by atoms with van der Waals surface area (Å²) in [4.78, 5) is 20.7. The van der Waals surface area contributed by atoms with E-state index in [9.17, 15) is 10.1 Å². The van der Waals surface area contributed by atoms with Gasteiger partial charge in [-0.25, -0.2) is 4.98 Å². The molecular formula is C18H20N4O. The molecule has 0 aliphatic carbocycles. The smallest absolute Gasteiger partial charge is 0.222 e. The average molecular weight is 308 g/mol. The number of anilines is 1. The van der Waals surface area contributed by atoms with Gasteiger partial charge in [0.1, 0.15) is 11.9 Å². The van der Waals surface area contributed by atoms with Crippen LogP contribution < -0.4 is 4.90 Å². The van der Waals surface area contributed by atoms with E-state index >= 15 is 0 Å². The largest absolute Gasteiger partial charge is 0.352 e. The topological polar surface area (TPSA) is 60.2 Å². The summed E-state index contributed by atoms with van der Waals surface area (Å²) in [5.41, 5.74) is 1.49. The highest BCUT2D eigenvalue weighted by Crippen LogP contribution is 2.24. The van der Waals surface area contributed by atoms with E-state index < -0.39 is 0 Å². The lowest BCUT2D eigenvalue weighted by atomic mass is 10.1. The van der Waals surface area contributed by atoms with Crippen molar-refractivity contribution in [2.75, 3.05) is 31.1 Å². The van der Waals surface area contributed by atoms with E-state index in [1.54, 1.807) is 0 Å². The third-order valence-corrected chi connectivity index (χ3v) is 4.22. The quantitative estimate of drug-likeness (QED) is 0.874. The lowest BCUT2D eigenvalue weighted by Gasteiger charge is -2.35. The van der Waals surface area contributed by atoms with Crippen molar-refractivity contribution >= 4 is 22.6 Å². The fourth-order valence-corrected chi connectivity index (χ4v) is 2.97. The van der Waals surface area contributed by atoms with Gasteiger partial charge in [0, 0.05) is 38.0 Å². The Balaban J connectivity index is 1.82. The summed E-state index contributed by atoms with van der Waals surface area (Å²) in [5, 5.41) is 10.4. The number of para-hydroxylation sites is 1. The van der Waals surface area contributed by atoms with E-state index in [0.29, 0.717) is 25.1 Å². The van der Waals surface area contributed by atoms with Crippen LogP contribution in [0.1, 0.15) is 25.3 Å². The third kappa shape index (κ3) is 3.11. The second-order valence-corrected chi connectivity index (χ2v) is 5.78. The van der Waals surface area contributed by atoms with Crippen molar-refractivity contribution in [2.24, 2.45) is 0 Å². The molecule has 5 nitrogen and oxygen atoms in total. The van der Waals surface area contributed by atoms with Gasteiger partial charge < -0.3 is 9.80 Å². The molecule has 2 heterocycles. The van der Waals surface area contributed by atoms with Gasteiger partial charge in [0.25, 0.3) is 0 Å². The van der Waals surface area contributed by atoms with Gasteiger partial charge in [0.05, 0.1) is 11.1 Å². The molecule has 1 fully saturated rings. The van der Waals surface area contributed by atoms with Crippen LogP contribution in [-0.4, -0.2) is 42.0 Å². The highest BCUT2D eigenvalue weighted by molar-refractivity contribution is 5.83. The number of hydrogen-bond acceptors (Lipinski definition) is 4. The molecule has 1 saturated heterocycles. The van der Waals surface area contributed by atoms with Crippen LogP contribution in [0.25, 0.3) is 10.9 Å². The summed E-state index contributed by atoms with van der Waals surface area (Å²) >= 11 is 0. The Morgan fingerprint density at radius 1 is 1.26 bits per heavy atom. The molecule has 118 valence electrons. The number of rotatable bonds is 3. The Bertz CT molecular complexity index is 757. The molecule has 1 aliphatic heterocycles. The maximum absolute atomic E-state index is 12.0. The number of nitrogens with zero attached hydrogens (tertiary/aromatic N) is 4. The van der Waals surface area contributed by atoms with Gasteiger partial charge in [-0.05, 0) is 18.6 Å². The summed E-state index contributed by atoms with van der Waals surface area (Å²) < 4.78 is 0. The Morgan fingerprint density at radius 3 is 2.70 bits per heavy atom. The van der Waals surface area contributed by atoms with E-state index in [0.717, 1.165) is 36.2 Å². The molecule has 1 aromatic heterocycles. The van der Waals surface area contributed by atoms with Gasteiger partial charge in [-0.1, -0.05) is 25.1 Å². The Kier molecular flexibility index (Phi) is 4.42. The average Bonchev–Trinajstić information content (AvgIpc) is 2.61. The number of amides is 1. The summed E-state index contributed by atoms with van der Waals surface area (Å²) in [5.74, 6) is 0.952. The first-order valence-electron chi connectivity index (χ1n) is 8.05. The molecule has 23 heavy (non-hydrogen) atoms. The van der Waals surface area contributed by atoms with Crippen molar-refractivity contribution in [2.45, 2.75) is 19.8 Å². The normalized spacial score (nSPS) is 14.8. The van der Waals surface area contributed by atoms with Crippen molar-refractivity contribution in [3.8, 4) is 6.07 Å². The van der Waals surface area contributed by atoms with E-state index in [1.165, 1.54) is 0 Å². The molecule has 5 heteroatoms. The van der Waals surface area contributed by atoms with Crippen molar-refractivity contribution in [1.82, 2.24) is 9.88 Å². The number of fused-ring (bicyclic) bond motifs is 1. The fraction of sp³-hybridized carbons (Fsp3) is 0.389. The Hall–Kier alpha value is -2.61. The van der Waals surface area contributed by atoms with Crippen LogP contribution in [0.2, 0.25) is 0 Å². The van der Waals surface area contributed by atoms with E-state index in [1.807, 2.05) is 42.2 Å². The van der Waals surface area contributed by atoms with Crippen LogP contribution in [-0.2, 0) is 4.79 Å². The van der Waals surface area contributed by atoms with Crippen LogP contribution in [0.3, 0.4) is 0 Å². The minimum atomic E-state index is 0.221. The number of nitriles is 1. The van der Waals surface area contributed by atoms with Gasteiger partial charge in [-0.3, -0.25) is 4.79 Å². The first kappa shape index (κ1) is 15.3. The number of benzene rings is 1. The second kappa shape index (κ2) is 6.66. The van der Waals surface area contributed by atoms with Crippen LogP contribution in [0, 0.1) is 11.3 Å². The molecule has 1 amide bonds. The highest BCUT2D eigenvalue weighted by atomic mass is 16.2. The predicted molar refractivity (Wildman–Crippen MR) is 90.2 cm³/mol. The molecule has 1 aliphatic rings. The van der Waals surface area contributed by atoms with Crippen molar-refractivity contribution in [3.05, 3.63) is 35.9 Å². The lowest BCUT2D eigenvalue weighted by molar-refractivity contribution is -0.131. The zero-order valence-corrected chi connectivity index (χ0v) is 13.3. The van der Waals surface area contributed by atoms with Gasteiger partial charge >= 0.3 is 0 Å². The number of carbonyl (C=O) groups excluding carboxylic acids is 1. The number of aromatic nitrogens is 1. The summed E-state index contributed by atoms with van der Waals surface area (Å²) in [6.45, 7) is 4.84. The zero-order valence-electron chi connectivity index (χ0n) is 13.3. The highest BCUT2D eigenvalue weighted by Gasteiger charge is 2.23. The summed E-state index contributed by atoms with van der Waals surface area (Å²) in [6, 6.07) is 12.0. The van der Waals surface area contributed by atoms with Crippen molar-refractivity contribution in [3.63, 3.8) is 0 Å². The van der Waals surface area contributed by atoms with Gasteiger partial charge in [-0.15, -0.1) is 0 Å². The second-order valence-electron chi connectivity index (χ2n) is 5.78. The van der Waals surface area contributed by atoms with Crippen molar-refractivity contribution in [1.29, 1.82) is 5.26 Å². The van der Waals surface area contributed by atoms with Crippen molar-refractivity contribution < 1.29 is 4.79 Å². The molecule has 0 bridgehead atoms. The molecule has 0 unspecified atom stereocenters. The fourth-order valence-electron chi connectivity index (χ4n) is 2.97. The Morgan fingerprint density at radius 2 is 2.00 bits per heavy atom. The van der Waals surface area contributed by atoms with Crippen LogP contribution in [0.5, 0.6) is 0 Å². The minimum absolute atomic E-state index is 0.221. The van der Waals surface area contributed by atoms with Gasteiger partial charge in [0.2, 0.25) is 5.91 Å². The first-order chi connectivity index (χ1) is 11.2. The molecule has 2 aromatic rings. The predicted octanol–water partition coefficient (Wildman–Crippen LogP) is 2.56. The number of pyridine rings is 1. The van der Waals surface area contributed by atoms with Gasteiger partial charge in [-0.2, -0.15) is 5.26 Å².